The molecule has 4 heteroatoms. The lowest BCUT2D eigenvalue weighted by Gasteiger charge is -2.50. The third kappa shape index (κ3) is 4.17. The predicted octanol–water partition coefficient (Wildman–Crippen LogP) is 12.3. The summed E-state index contributed by atoms with van der Waals surface area (Å²) < 4.78 is 6.84. The molecule has 0 N–H and O–H groups in total. The highest BCUT2D eigenvalue weighted by Crippen LogP contribution is 2.56. The Morgan fingerprint density at radius 1 is 0.509 bits per heavy atom. The molecule has 1 aromatic heterocycles. The van der Waals surface area contributed by atoms with Gasteiger partial charge in [-0.05, 0) is 86.3 Å². The minimum absolute atomic E-state index is 0.101. The fourth-order valence-corrected chi connectivity index (χ4v) is 9.95. The molecule has 55 heavy (non-hydrogen) atoms. The number of hydrogen-bond donors (Lipinski definition) is 0. The Morgan fingerprint density at radius 3 is 2.00 bits per heavy atom. The molecule has 4 heterocycles. The maximum atomic E-state index is 6.84. The Kier molecular flexibility index (Phi) is 6.20. The summed E-state index contributed by atoms with van der Waals surface area (Å²) in [4.78, 5) is 5.18. The van der Waals surface area contributed by atoms with E-state index >= 15 is 0 Å². The molecule has 0 fully saturated rings. The maximum absolute atomic E-state index is 6.84. The molecule has 0 radical (unpaired) electrons. The summed E-state index contributed by atoms with van der Waals surface area (Å²) >= 11 is 0. The highest BCUT2D eigenvalue weighted by atomic mass is 16.3. The molecular formula is C51H35BN2O. The van der Waals surface area contributed by atoms with Crippen molar-refractivity contribution >= 4 is 68.1 Å². The van der Waals surface area contributed by atoms with Crippen LogP contribution in [0, 0.1) is 0 Å². The van der Waals surface area contributed by atoms with Gasteiger partial charge in [-0.25, -0.2) is 0 Å². The van der Waals surface area contributed by atoms with E-state index in [0.29, 0.717) is 0 Å². The molecule has 0 spiro atoms. The first-order valence-electron chi connectivity index (χ1n) is 19.2. The zero-order valence-electron chi connectivity index (χ0n) is 30.6. The van der Waals surface area contributed by atoms with Crippen LogP contribution in [0.4, 0.5) is 28.4 Å². The van der Waals surface area contributed by atoms with E-state index in [1.807, 2.05) is 0 Å². The number of rotatable bonds is 3. The van der Waals surface area contributed by atoms with Gasteiger partial charge in [-0.15, -0.1) is 0 Å². The van der Waals surface area contributed by atoms with Gasteiger partial charge in [-0.3, -0.25) is 0 Å². The van der Waals surface area contributed by atoms with Crippen LogP contribution >= 0.6 is 0 Å². The van der Waals surface area contributed by atoms with Crippen LogP contribution in [0.2, 0.25) is 0 Å². The molecular weight excluding hydrogens is 667 g/mol. The summed E-state index contributed by atoms with van der Waals surface area (Å²) in [5.41, 5.74) is 20.2. The van der Waals surface area contributed by atoms with Crippen LogP contribution in [-0.2, 0) is 5.41 Å². The second-order valence-electron chi connectivity index (χ2n) is 15.7. The van der Waals surface area contributed by atoms with Gasteiger partial charge in [-0.1, -0.05) is 147 Å². The van der Waals surface area contributed by atoms with Crippen molar-refractivity contribution in [3.05, 3.63) is 187 Å². The van der Waals surface area contributed by atoms with Crippen LogP contribution in [0.1, 0.15) is 25.0 Å². The first kappa shape index (κ1) is 30.7. The van der Waals surface area contributed by atoms with Crippen molar-refractivity contribution in [1.29, 1.82) is 0 Å². The minimum atomic E-state index is -0.197. The van der Waals surface area contributed by atoms with Crippen LogP contribution in [0.5, 0.6) is 0 Å². The van der Waals surface area contributed by atoms with Gasteiger partial charge >= 0.3 is 6.85 Å². The fraction of sp³-hybridized carbons (Fsp3) is 0.0588. The Bertz CT molecular complexity index is 3040. The number of nitrogens with zero attached hydrogens (tertiary/aromatic N) is 2. The second kappa shape index (κ2) is 11.1. The van der Waals surface area contributed by atoms with Gasteiger partial charge in [0.2, 0.25) is 0 Å². The van der Waals surface area contributed by atoms with Crippen LogP contribution in [-0.4, -0.2) is 6.85 Å². The summed E-state index contributed by atoms with van der Waals surface area (Å²) in [7, 11) is 0. The van der Waals surface area contributed by atoms with E-state index < -0.39 is 0 Å². The molecule has 3 aliphatic rings. The van der Waals surface area contributed by atoms with Crippen molar-refractivity contribution in [3.8, 4) is 33.4 Å². The van der Waals surface area contributed by atoms with Gasteiger partial charge in [0.05, 0.1) is 5.69 Å². The smallest absolute Gasteiger partial charge is 0.333 e. The summed E-state index contributed by atoms with van der Waals surface area (Å²) in [6.45, 7) is 4.66. The SMILES string of the molecule is CC1(C)c2ccccc2N2c3cc4oc5ccccc5c4c4c3B(c3cccc1c32)N(c1cccc(-c2ccccc2)c1)c1ccc(-c2ccccc2)cc1-4. The molecule has 0 saturated heterocycles. The average Bonchev–Trinajstić information content (AvgIpc) is 3.62. The van der Waals surface area contributed by atoms with E-state index in [0.717, 1.165) is 22.2 Å². The summed E-state index contributed by atoms with van der Waals surface area (Å²) in [5, 5.41) is 2.32. The third-order valence-corrected chi connectivity index (χ3v) is 12.4. The third-order valence-electron chi connectivity index (χ3n) is 12.4. The van der Waals surface area contributed by atoms with Gasteiger partial charge in [0.25, 0.3) is 0 Å². The first-order valence-corrected chi connectivity index (χ1v) is 19.2. The van der Waals surface area contributed by atoms with Crippen molar-refractivity contribution in [2.24, 2.45) is 0 Å². The van der Waals surface area contributed by atoms with E-state index in [1.54, 1.807) is 0 Å². The van der Waals surface area contributed by atoms with E-state index in [2.05, 4.69) is 199 Å². The summed E-state index contributed by atoms with van der Waals surface area (Å²) in [6.07, 6.45) is 0. The number of benzene rings is 8. The Labute approximate surface area is 320 Å². The number of fused-ring (bicyclic) bond motifs is 10. The Morgan fingerprint density at radius 2 is 1.18 bits per heavy atom. The van der Waals surface area contributed by atoms with Crippen LogP contribution in [0.15, 0.2) is 180 Å². The van der Waals surface area contributed by atoms with Crippen molar-refractivity contribution in [2.45, 2.75) is 19.3 Å². The molecule has 8 aromatic carbocycles. The molecule has 12 rings (SSSR count). The van der Waals surface area contributed by atoms with Crippen LogP contribution in [0.25, 0.3) is 55.3 Å². The maximum Gasteiger partial charge on any atom is 0.333 e. The predicted molar refractivity (Wildman–Crippen MR) is 230 cm³/mol. The number of hydrogen-bond acceptors (Lipinski definition) is 3. The number of furan rings is 1. The minimum Gasteiger partial charge on any atom is -0.456 e. The van der Waals surface area contributed by atoms with E-state index in [4.69, 9.17) is 4.42 Å². The highest BCUT2D eigenvalue weighted by Gasteiger charge is 2.50. The Balaban J connectivity index is 1.25. The molecule has 3 aliphatic heterocycles. The van der Waals surface area contributed by atoms with Crippen molar-refractivity contribution in [2.75, 3.05) is 9.71 Å². The lowest BCUT2D eigenvalue weighted by Crippen LogP contribution is -2.62. The topological polar surface area (TPSA) is 19.6 Å². The van der Waals surface area contributed by atoms with Gasteiger partial charge in [-0.2, -0.15) is 0 Å². The van der Waals surface area contributed by atoms with Gasteiger partial charge < -0.3 is 14.1 Å². The van der Waals surface area contributed by atoms with Crippen LogP contribution < -0.4 is 20.6 Å². The van der Waals surface area contributed by atoms with Crippen molar-refractivity contribution in [3.63, 3.8) is 0 Å². The fourth-order valence-electron chi connectivity index (χ4n) is 9.95. The number of para-hydroxylation sites is 3. The standard InChI is InChI=1S/C51H35BN2O/c1-51(2)39-22-10-11-25-43(39)53-44-31-46-47(37-21-9-12-26-45(37)55-46)48-38-30-35(33-17-7-4-8-18-33)27-28-42(38)54(52(49(44)48)41-24-14-23-40(51)50(41)53)36-20-13-19-34(29-36)32-15-5-3-6-16-32/h3-31H,1-2H3. The average molecular weight is 703 g/mol. The zero-order valence-corrected chi connectivity index (χ0v) is 30.6. The molecule has 3 nitrogen and oxygen atoms in total. The zero-order chi connectivity index (χ0) is 36.4. The van der Waals surface area contributed by atoms with Gasteiger partial charge in [0, 0.05) is 50.6 Å². The largest absolute Gasteiger partial charge is 0.456 e. The summed E-state index contributed by atoms with van der Waals surface area (Å²) in [6, 6.07) is 64.6. The van der Waals surface area contributed by atoms with Gasteiger partial charge in [0.15, 0.2) is 0 Å². The van der Waals surface area contributed by atoms with Gasteiger partial charge in [0.1, 0.15) is 11.2 Å². The molecule has 0 saturated carbocycles. The molecule has 9 aromatic rings. The van der Waals surface area contributed by atoms with E-state index in [1.165, 1.54) is 83.6 Å². The molecule has 0 amide bonds. The van der Waals surface area contributed by atoms with Crippen molar-refractivity contribution in [1.82, 2.24) is 0 Å². The molecule has 258 valence electrons. The number of anilines is 5. The lowest BCUT2D eigenvalue weighted by atomic mass is 9.42. The van der Waals surface area contributed by atoms with E-state index in [-0.39, 0.29) is 12.3 Å². The highest BCUT2D eigenvalue weighted by molar-refractivity contribution is 6.94. The normalized spacial score (nSPS) is 14.4. The molecule has 0 aliphatic carbocycles. The lowest BCUT2D eigenvalue weighted by molar-refractivity contribution is 0.632. The van der Waals surface area contributed by atoms with Crippen LogP contribution in [0.3, 0.4) is 0 Å². The summed E-state index contributed by atoms with van der Waals surface area (Å²) in [5.74, 6) is 0. The second-order valence-corrected chi connectivity index (χ2v) is 15.7. The Hall–Kier alpha value is -6.78. The van der Waals surface area contributed by atoms with E-state index in [9.17, 15) is 0 Å². The molecule has 0 bridgehead atoms. The first-order chi connectivity index (χ1) is 27.1. The molecule has 0 unspecified atom stereocenters. The quantitative estimate of drug-likeness (QED) is 0.171. The molecule has 0 atom stereocenters. The van der Waals surface area contributed by atoms with Crippen molar-refractivity contribution < 1.29 is 4.42 Å². The monoisotopic (exact) mass is 702 g/mol.